The van der Waals surface area contributed by atoms with Crippen molar-refractivity contribution in [2.45, 2.75) is 43.6 Å². The molecule has 0 saturated carbocycles. The van der Waals surface area contributed by atoms with Crippen molar-refractivity contribution in [3.63, 3.8) is 0 Å². The van der Waals surface area contributed by atoms with Crippen molar-refractivity contribution in [3.05, 3.63) is 58.7 Å². The fraction of sp³-hybridized carbons (Fsp3) is 0.391. The van der Waals surface area contributed by atoms with Crippen LogP contribution in [0.25, 0.3) is 10.3 Å². The molecule has 33 heavy (non-hydrogen) atoms. The van der Waals surface area contributed by atoms with Gasteiger partial charge < -0.3 is 14.5 Å². The van der Waals surface area contributed by atoms with Gasteiger partial charge in [0.2, 0.25) is 0 Å². The lowest BCUT2D eigenvalue weighted by Crippen LogP contribution is -2.51. The molecule has 0 radical (unpaired) electrons. The number of rotatable bonds is 2. The number of fused-ring (bicyclic) bond motifs is 2. The zero-order valence-electron chi connectivity index (χ0n) is 17.5. The third-order valence-corrected chi connectivity index (χ3v) is 7.79. The van der Waals surface area contributed by atoms with Crippen LogP contribution in [0.15, 0.2) is 36.5 Å². The third kappa shape index (κ3) is 3.31. The van der Waals surface area contributed by atoms with E-state index in [1.54, 1.807) is 22.1 Å². The van der Waals surface area contributed by atoms with Crippen LogP contribution in [0.3, 0.4) is 0 Å². The Morgan fingerprint density at radius 1 is 1.15 bits per heavy atom. The predicted molar refractivity (Wildman–Crippen MR) is 115 cm³/mol. The number of hydrogen-bond donors (Lipinski definition) is 0. The van der Waals surface area contributed by atoms with E-state index in [4.69, 9.17) is 4.74 Å². The van der Waals surface area contributed by atoms with Gasteiger partial charge in [-0.2, -0.15) is 0 Å². The van der Waals surface area contributed by atoms with Gasteiger partial charge in [0.25, 0.3) is 11.8 Å². The SMILES string of the molecule is O=C(c1nc2ncccc2s1)N1CCC2(CC1)OC1CC[C@@H](c3cc(F)cc(F)c3)N1C2=O. The highest BCUT2D eigenvalue weighted by Gasteiger charge is 2.58. The summed E-state index contributed by atoms with van der Waals surface area (Å²) >= 11 is 1.30. The van der Waals surface area contributed by atoms with E-state index in [2.05, 4.69) is 9.97 Å². The molecule has 1 spiro atoms. The zero-order valence-corrected chi connectivity index (χ0v) is 18.4. The molecule has 2 atom stereocenters. The predicted octanol–water partition coefficient (Wildman–Crippen LogP) is 3.66. The molecule has 6 rings (SSSR count). The lowest BCUT2D eigenvalue weighted by atomic mass is 9.89. The van der Waals surface area contributed by atoms with Crippen LogP contribution in [0.1, 0.15) is 47.1 Å². The quantitative estimate of drug-likeness (QED) is 0.571. The largest absolute Gasteiger partial charge is 0.342 e. The molecule has 170 valence electrons. The van der Waals surface area contributed by atoms with Crippen molar-refractivity contribution in [1.82, 2.24) is 19.8 Å². The number of carbonyl (C=O) groups is 2. The molecule has 0 N–H and O–H groups in total. The molecular weight excluding hydrogens is 450 g/mol. The van der Waals surface area contributed by atoms with Crippen molar-refractivity contribution in [2.75, 3.05) is 13.1 Å². The zero-order chi connectivity index (χ0) is 22.7. The number of likely N-dealkylation sites (tertiary alicyclic amines) is 1. The number of benzene rings is 1. The van der Waals surface area contributed by atoms with Gasteiger partial charge in [-0.05, 0) is 42.7 Å². The van der Waals surface area contributed by atoms with Gasteiger partial charge in [0.15, 0.2) is 16.3 Å². The van der Waals surface area contributed by atoms with Gasteiger partial charge in [0, 0.05) is 38.2 Å². The molecule has 3 aliphatic rings. The molecule has 10 heteroatoms. The Morgan fingerprint density at radius 2 is 1.91 bits per heavy atom. The highest BCUT2D eigenvalue weighted by atomic mass is 32.1. The second-order valence-electron chi connectivity index (χ2n) is 8.71. The number of ether oxygens (including phenoxy) is 1. The molecule has 2 aromatic heterocycles. The van der Waals surface area contributed by atoms with Crippen LogP contribution < -0.4 is 0 Å². The smallest absolute Gasteiger partial charge is 0.282 e. The van der Waals surface area contributed by atoms with Crippen molar-refractivity contribution in [1.29, 1.82) is 0 Å². The first-order valence-electron chi connectivity index (χ1n) is 10.9. The minimum atomic E-state index is -0.999. The summed E-state index contributed by atoms with van der Waals surface area (Å²) < 4.78 is 34.7. The molecule has 0 aliphatic carbocycles. The number of amides is 2. The standard InChI is InChI=1S/C23H20F2N4O3S/c24-14-10-13(11-15(25)12-14)16-3-4-18-29(16)22(31)23(32-18)5-8-28(9-6-23)21(30)20-27-19-17(33-20)2-1-7-26-19/h1-2,7,10-12,16,18H,3-6,8-9H2/t16-,18?/m0/s1. The molecule has 1 aromatic carbocycles. The van der Waals surface area contributed by atoms with Crippen LogP contribution in [-0.2, 0) is 9.53 Å². The second-order valence-corrected chi connectivity index (χ2v) is 9.74. The number of hydrogen-bond acceptors (Lipinski definition) is 6. The molecule has 7 nitrogen and oxygen atoms in total. The fourth-order valence-electron chi connectivity index (χ4n) is 5.21. The van der Waals surface area contributed by atoms with Crippen molar-refractivity contribution in [3.8, 4) is 0 Å². The van der Waals surface area contributed by atoms with Crippen LogP contribution in [0.5, 0.6) is 0 Å². The Hall–Kier alpha value is -2.98. The maximum absolute atomic E-state index is 13.8. The maximum atomic E-state index is 13.8. The third-order valence-electron chi connectivity index (χ3n) is 6.79. The number of halogens is 2. The van der Waals surface area contributed by atoms with Crippen LogP contribution in [0.4, 0.5) is 8.78 Å². The molecular formula is C23H20F2N4O3S. The lowest BCUT2D eigenvalue weighted by molar-refractivity contribution is -0.142. The minimum absolute atomic E-state index is 0.157. The van der Waals surface area contributed by atoms with Crippen LogP contribution in [0.2, 0.25) is 0 Å². The van der Waals surface area contributed by atoms with Gasteiger partial charge in [-0.1, -0.05) is 0 Å². The summed E-state index contributed by atoms with van der Waals surface area (Å²) in [6.45, 7) is 0.738. The molecule has 1 unspecified atom stereocenters. The number of carbonyl (C=O) groups excluding carboxylic acids is 2. The average Bonchev–Trinajstić information content (AvgIpc) is 3.48. The molecule has 0 bridgehead atoms. The summed E-state index contributed by atoms with van der Waals surface area (Å²) in [7, 11) is 0. The highest BCUT2D eigenvalue weighted by molar-refractivity contribution is 7.20. The maximum Gasteiger partial charge on any atom is 0.282 e. The van der Waals surface area contributed by atoms with Crippen LogP contribution in [-0.4, -0.2) is 56.5 Å². The van der Waals surface area contributed by atoms with Gasteiger partial charge in [0.05, 0.1) is 10.7 Å². The van der Waals surface area contributed by atoms with Crippen molar-refractivity contribution < 1.29 is 23.1 Å². The molecule has 5 heterocycles. The average molecular weight is 471 g/mol. The van der Waals surface area contributed by atoms with Crippen molar-refractivity contribution >= 4 is 33.5 Å². The van der Waals surface area contributed by atoms with E-state index in [0.717, 1.165) is 10.8 Å². The lowest BCUT2D eigenvalue weighted by Gasteiger charge is -2.37. The fourth-order valence-corrected chi connectivity index (χ4v) is 6.10. The summed E-state index contributed by atoms with van der Waals surface area (Å²) in [5, 5.41) is 0.382. The summed E-state index contributed by atoms with van der Waals surface area (Å²) in [6, 6.07) is 6.65. The van der Waals surface area contributed by atoms with E-state index in [-0.39, 0.29) is 11.8 Å². The van der Waals surface area contributed by atoms with E-state index >= 15 is 0 Å². The Balaban J connectivity index is 1.18. The molecule has 2 amide bonds. The Labute approximate surface area is 192 Å². The van der Waals surface area contributed by atoms with Gasteiger partial charge >= 0.3 is 0 Å². The van der Waals surface area contributed by atoms with Crippen LogP contribution >= 0.6 is 11.3 Å². The first-order valence-corrected chi connectivity index (χ1v) is 11.7. The molecule has 3 aliphatic heterocycles. The van der Waals surface area contributed by atoms with E-state index < -0.39 is 29.5 Å². The first kappa shape index (κ1) is 20.6. The summed E-state index contributed by atoms with van der Waals surface area (Å²) in [4.78, 5) is 38.3. The van der Waals surface area contributed by atoms with Gasteiger partial charge in [-0.3, -0.25) is 9.59 Å². The van der Waals surface area contributed by atoms with E-state index in [1.165, 1.54) is 23.5 Å². The Kier molecular flexibility index (Phi) is 4.70. The number of aromatic nitrogens is 2. The number of pyridine rings is 1. The van der Waals surface area contributed by atoms with E-state index in [1.807, 2.05) is 6.07 Å². The number of thiazole rings is 1. The summed E-state index contributed by atoms with van der Waals surface area (Å²) in [6.07, 6.45) is 3.17. The molecule has 3 fully saturated rings. The number of nitrogens with zero attached hydrogens (tertiary/aromatic N) is 4. The van der Waals surface area contributed by atoms with Crippen molar-refractivity contribution in [2.24, 2.45) is 0 Å². The minimum Gasteiger partial charge on any atom is -0.342 e. The summed E-state index contributed by atoms with van der Waals surface area (Å²) in [5.41, 5.74) is -0.00337. The first-order chi connectivity index (χ1) is 15.9. The summed E-state index contributed by atoms with van der Waals surface area (Å²) in [5.74, 6) is -1.65. The molecule has 3 saturated heterocycles. The number of piperidine rings is 1. The van der Waals surface area contributed by atoms with E-state index in [9.17, 15) is 18.4 Å². The Morgan fingerprint density at radius 3 is 2.64 bits per heavy atom. The second kappa shape index (κ2) is 7.53. The molecule has 3 aromatic rings. The van der Waals surface area contributed by atoms with Gasteiger partial charge in [-0.25, -0.2) is 18.7 Å². The van der Waals surface area contributed by atoms with E-state index in [0.29, 0.717) is 55.0 Å². The topological polar surface area (TPSA) is 75.6 Å². The van der Waals surface area contributed by atoms with Crippen LogP contribution in [0, 0.1) is 11.6 Å². The van der Waals surface area contributed by atoms with Gasteiger partial charge in [0.1, 0.15) is 17.9 Å². The highest BCUT2D eigenvalue weighted by Crippen LogP contribution is 2.47. The Bertz CT molecular complexity index is 1220. The van der Waals surface area contributed by atoms with Gasteiger partial charge in [-0.15, -0.1) is 11.3 Å². The normalized spacial score (nSPS) is 24.1. The monoisotopic (exact) mass is 470 g/mol.